The van der Waals surface area contributed by atoms with E-state index in [1.165, 1.54) is 6.20 Å². The van der Waals surface area contributed by atoms with E-state index in [-0.39, 0.29) is 11.5 Å². The summed E-state index contributed by atoms with van der Waals surface area (Å²) in [6.07, 6.45) is 3.21. The number of nitrogens with zero attached hydrogens (tertiary/aromatic N) is 3. The lowest BCUT2D eigenvalue weighted by Gasteiger charge is -2.21. The van der Waals surface area contributed by atoms with Gasteiger partial charge in [-0.2, -0.15) is 10.5 Å². The van der Waals surface area contributed by atoms with Crippen LogP contribution in [0.25, 0.3) is 0 Å². The first kappa shape index (κ1) is 17.3. The molecule has 0 radical (unpaired) electrons. The van der Waals surface area contributed by atoms with Gasteiger partial charge in [-0.25, -0.2) is 0 Å². The number of anilines is 1. The first-order chi connectivity index (χ1) is 10.7. The lowest BCUT2D eigenvalue weighted by molar-refractivity contribution is 0.0755. The van der Waals surface area contributed by atoms with Crippen LogP contribution in [0.5, 0.6) is 0 Å². The van der Waals surface area contributed by atoms with Crippen molar-refractivity contribution in [3.63, 3.8) is 0 Å². The minimum atomic E-state index is -0.00257. The zero-order valence-electron chi connectivity index (χ0n) is 13.0. The van der Waals surface area contributed by atoms with Crippen LogP contribution in [0, 0.1) is 22.7 Å². The van der Waals surface area contributed by atoms with E-state index < -0.39 is 0 Å². The molecule has 0 aliphatic carbocycles. The molecule has 0 unspecified atom stereocenters. The van der Waals surface area contributed by atoms with Crippen molar-refractivity contribution >= 4 is 11.6 Å². The van der Waals surface area contributed by atoms with Gasteiger partial charge in [-0.05, 0) is 37.1 Å². The van der Waals surface area contributed by atoms with Gasteiger partial charge < -0.3 is 10.2 Å². The molecule has 0 aromatic heterocycles. The van der Waals surface area contributed by atoms with Crippen LogP contribution in [-0.2, 0) is 0 Å². The third-order valence-corrected chi connectivity index (χ3v) is 3.03. The van der Waals surface area contributed by atoms with Gasteiger partial charge in [0.2, 0.25) is 0 Å². The minimum Gasteiger partial charge on any atom is -0.360 e. The summed E-state index contributed by atoms with van der Waals surface area (Å²) in [5.41, 5.74) is 1.35. The molecule has 0 saturated heterocycles. The number of carbonyl (C=O) groups is 1. The summed E-state index contributed by atoms with van der Waals surface area (Å²) >= 11 is 0. The Morgan fingerprint density at radius 3 is 2.14 bits per heavy atom. The number of amides is 1. The number of nitriles is 2. The van der Waals surface area contributed by atoms with Crippen molar-refractivity contribution in [1.82, 2.24) is 4.90 Å². The van der Waals surface area contributed by atoms with Crippen molar-refractivity contribution in [2.45, 2.75) is 26.7 Å². The third-order valence-electron chi connectivity index (χ3n) is 3.03. The second-order valence-electron chi connectivity index (χ2n) is 4.80. The van der Waals surface area contributed by atoms with Gasteiger partial charge in [-0.3, -0.25) is 4.79 Å². The molecule has 0 fully saturated rings. The molecule has 0 aliphatic rings. The fraction of sp³-hybridized carbons (Fsp3) is 0.353. The molecule has 0 atom stereocenters. The Morgan fingerprint density at radius 2 is 1.68 bits per heavy atom. The average molecular weight is 296 g/mol. The van der Waals surface area contributed by atoms with Crippen molar-refractivity contribution in [2.75, 3.05) is 18.4 Å². The summed E-state index contributed by atoms with van der Waals surface area (Å²) in [4.78, 5) is 14.3. The van der Waals surface area contributed by atoms with Crippen molar-refractivity contribution in [3.05, 3.63) is 41.6 Å². The highest BCUT2D eigenvalue weighted by molar-refractivity contribution is 5.94. The number of allylic oxidation sites excluding steroid dienone is 1. The highest BCUT2D eigenvalue weighted by Crippen LogP contribution is 2.12. The topological polar surface area (TPSA) is 79.9 Å². The van der Waals surface area contributed by atoms with Gasteiger partial charge in [0.15, 0.2) is 0 Å². The van der Waals surface area contributed by atoms with Crippen molar-refractivity contribution in [2.24, 2.45) is 0 Å². The Balaban J connectivity index is 2.80. The first-order valence-electron chi connectivity index (χ1n) is 7.32. The normalized spacial score (nSPS) is 9.27. The van der Waals surface area contributed by atoms with Gasteiger partial charge >= 0.3 is 0 Å². The van der Waals surface area contributed by atoms with Crippen LogP contribution in [0.3, 0.4) is 0 Å². The molecule has 0 aliphatic heterocycles. The molecule has 114 valence electrons. The molecule has 22 heavy (non-hydrogen) atoms. The molecule has 0 heterocycles. The van der Waals surface area contributed by atoms with E-state index in [4.69, 9.17) is 10.5 Å². The summed E-state index contributed by atoms with van der Waals surface area (Å²) in [5, 5.41) is 20.2. The summed E-state index contributed by atoms with van der Waals surface area (Å²) in [6.45, 7) is 5.61. The average Bonchev–Trinajstić information content (AvgIpc) is 2.55. The summed E-state index contributed by atoms with van der Waals surface area (Å²) in [6, 6.07) is 10.5. The van der Waals surface area contributed by atoms with E-state index in [9.17, 15) is 4.79 Å². The molecule has 1 aromatic rings. The maximum absolute atomic E-state index is 12.4. The number of hydrogen-bond acceptors (Lipinski definition) is 4. The van der Waals surface area contributed by atoms with E-state index in [1.54, 1.807) is 36.4 Å². The number of nitrogens with one attached hydrogen (secondary N) is 1. The molecule has 5 nitrogen and oxygen atoms in total. The quantitative estimate of drug-likeness (QED) is 0.783. The third kappa shape index (κ3) is 4.96. The molecular formula is C17H20N4O. The lowest BCUT2D eigenvalue weighted by atomic mass is 10.1. The Labute approximate surface area is 131 Å². The summed E-state index contributed by atoms with van der Waals surface area (Å²) in [7, 11) is 0. The van der Waals surface area contributed by atoms with Gasteiger partial charge in [0.05, 0.1) is 0 Å². The smallest absolute Gasteiger partial charge is 0.253 e. The Kier molecular flexibility index (Phi) is 7.22. The minimum absolute atomic E-state index is 0.00257. The largest absolute Gasteiger partial charge is 0.360 e. The Hall–Kier alpha value is -2.79. The molecule has 1 aromatic carbocycles. The van der Waals surface area contributed by atoms with Gasteiger partial charge in [-0.1, -0.05) is 13.8 Å². The standard InChI is InChI=1S/C17H20N4O/c1-3-9-21(10-4-2)17(22)15-5-7-16(8-6-15)20-13-14(11-18)12-19/h5-8,13,20H,3-4,9-10H2,1-2H3. The summed E-state index contributed by atoms with van der Waals surface area (Å²) < 4.78 is 0. The van der Waals surface area contributed by atoms with Crippen LogP contribution in [-0.4, -0.2) is 23.9 Å². The van der Waals surface area contributed by atoms with Crippen LogP contribution in [0.4, 0.5) is 5.69 Å². The predicted octanol–water partition coefficient (Wildman–Crippen LogP) is 3.29. The van der Waals surface area contributed by atoms with E-state index in [0.717, 1.165) is 31.6 Å². The van der Waals surface area contributed by atoms with E-state index >= 15 is 0 Å². The van der Waals surface area contributed by atoms with E-state index in [1.807, 2.05) is 4.90 Å². The zero-order valence-corrected chi connectivity index (χ0v) is 13.0. The lowest BCUT2D eigenvalue weighted by Crippen LogP contribution is -2.32. The second-order valence-corrected chi connectivity index (χ2v) is 4.80. The van der Waals surface area contributed by atoms with Crippen LogP contribution in [0.2, 0.25) is 0 Å². The van der Waals surface area contributed by atoms with Gasteiger partial charge in [0.25, 0.3) is 5.91 Å². The van der Waals surface area contributed by atoms with Gasteiger partial charge in [0, 0.05) is 30.5 Å². The molecular weight excluding hydrogens is 276 g/mol. The van der Waals surface area contributed by atoms with Crippen LogP contribution >= 0.6 is 0 Å². The van der Waals surface area contributed by atoms with E-state index in [0.29, 0.717) is 5.56 Å². The number of hydrogen-bond donors (Lipinski definition) is 1. The summed E-state index contributed by atoms with van der Waals surface area (Å²) in [5.74, 6) is 0.0283. The molecule has 0 saturated carbocycles. The second kappa shape index (κ2) is 9.20. The highest BCUT2D eigenvalue weighted by Gasteiger charge is 2.13. The maximum atomic E-state index is 12.4. The van der Waals surface area contributed by atoms with Crippen molar-refractivity contribution in [1.29, 1.82) is 10.5 Å². The number of carbonyl (C=O) groups excluding carboxylic acids is 1. The molecule has 1 rings (SSSR count). The van der Waals surface area contributed by atoms with Crippen LogP contribution in [0.15, 0.2) is 36.0 Å². The number of rotatable bonds is 7. The highest BCUT2D eigenvalue weighted by atomic mass is 16.2. The maximum Gasteiger partial charge on any atom is 0.253 e. The monoisotopic (exact) mass is 296 g/mol. The Bertz CT molecular complexity index is 583. The molecule has 1 amide bonds. The van der Waals surface area contributed by atoms with Gasteiger partial charge in [-0.15, -0.1) is 0 Å². The molecule has 0 bridgehead atoms. The molecule has 5 heteroatoms. The number of benzene rings is 1. The van der Waals surface area contributed by atoms with Crippen molar-refractivity contribution in [3.8, 4) is 12.1 Å². The zero-order chi connectivity index (χ0) is 16.4. The van der Waals surface area contributed by atoms with Crippen LogP contribution in [0.1, 0.15) is 37.0 Å². The van der Waals surface area contributed by atoms with Crippen LogP contribution < -0.4 is 5.32 Å². The molecule has 1 N–H and O–H groups in total. The van der Waals surface area contributed by atoms with Crippen molar-refractivity contribution < 1.29 is 4.79 Å². The SMILES string of the molecule is CCCN(CCC)C(=O)c1ccc(NC=C(C#N)C#N)cc1. The van der Waals surface area contributed by atoms with Gasteiger partial charge in [0.1, 0.15) is 17.7 Å². The fourth-order valence-corrected chi connectivity index (χ4v) is 1.99. The van der Waals surface area contributed by atoms with E-state index in [2.05, 4.69) is 19.2 Å². The predicted molar refractivity (Wildman–Crippen MR) is 85.9 cm³/mol. The fourth-order valence-electron chi connectivity index (χ4n) is 1.99. The Morgan fingerprint density at radius 1 is 1.14 bits per heavy atom. The first-order valence-corrected chi connectivity index (χ1v) is 7.32. The molecule has 0 spiro atoms.